The Labute approximate surface area is 233 Å². The molecule has 2 heterocycles. The zero-order valence-electron chi connectivity index (χ0n) is 23.0. The number of aromatic nitrogens is 3. The smallest absolute Gasteiger partial charge is 0.407 e. The largest absolute Gasteiger partial charge is 0.492 e. The molecule has 208 valence electrons. The van der Waals surface area contributed by atoms with Gasteiger partial charge in [0.25, 0.3) is 0 Å². The number of carboxylic acid groups (broad SMARTS) is 1. The third kappa shape index (κ3) is 7.92. The molecular weight excluding hydrogens is 508 g/mol. The van der Waals surface area contributed by atoms with Crippen LogP contribution in [0.3, 0.4) is 0 Å². The number of carbonyl (C=O) groups is 2. The summed E-state index contributed by atoms with van der Waals surface area (Å²) in [6.45, 7) is 6.70. The molecule has 9 heteroatoms. The van der Waals surface area contributed by atoms with E-state index in [4.69, 9.17) is 19.7 Å². The Morgan fingerprint density at radius 1 is 1.00 bits per heavy atom. The average molecular weight is 543 g/mol. The second-order valence-corrected chi connectivity index (χ2v) is 9.69. The number of hydrogen-bond acceptors (Lipinski definition) is 6. The molecule has 9 nitrogen and oxygen atoms in total. The van der Waals surface area contributed by atoms with Crippen LogP contribution in [-0.4, -0.2) is 44.6 Å². The average Bonchev–Trinajstić information content (AvgIpc) is 3.31. The molecule has 0 aliphatic carbocycles. The van der Waals surface area contributed by atoms with Crippen LogP contribution in [-0.2, 0) is 29.0 Å². The van der Waals surface area contributed by atoms with Crippen molar-refractivity contribution in [2.45, 2.75) is 52.8 Å². The van der Waals surface area contributed by atoms with Gasteiger partial charge in [-0.3, -0.25) is 14.5 Å². The third-order valence-corrected chi connectivity index (χ3v) is 6.28. The molecule has 40 heavy (non-hydrogen) atoms. The monoisotopic (exact) mass is 542 g/mol. The molecule has 0 saturated heterocycles. The van der Waals surface area contributed by atoms with E-state index in [0.717, 1.165) is 39.2 Å². The van der Waals surface area contributed by atoms with Gasteiger partial charge in [-0.15, -0.1) is 0 Å². The number of ether oxygens (including phenoxy) is 2. The summed E-state index contributed by atoms with van der Waals surface area (Å²) in [5.41, 5.74) is 6.72. The van der Waals surface area contributed by atoms with Gasteiger partial charge in [0.2, 0.25) is 0 Å². The van der Waals surface area contributed by atoms with Gasteiger partial charge in [-0.2, -0.15) is 5.10 Å². The van der Waals surface area contributed by atoms with Gasteiger partial charge in [0.05, 0.1) is 18.3 Å². The van der Waals surface area contributed by atoms with E-state index < -0.39 is 12.1 Å². The molecule has 2 N–H and O–H groups in total. The topological polar surface area (TPSA) is 116 Å². The Morgan fingerprint density at radius 2 is 1.77 bits per heavy atom. The van der Waals surface area contributed by atoms with Crippen LogP contribution in [0.15, 0.2) is 73.1 Å². The highest BCUT2D eigenvalue weighted by molar-refractivity contribution is 5.69. The SMILES string of the molecule is Cc1cc(-c2ccc(-c3cccnc3)cc2)nn1CCOc1ccc(CCC(=O)O)c(CNC(=O)OC(C)C)c1. The van der Waals surface area contributed by atoms with Crippen LogP contribution in [0.2, 0.25) is 0 Å². The molecule has 0 saturated carbocycles. The summed E-state index contributed by atoms with van der Waals surface area (Å²) in [6.07, 6.45) is 3.19. The Kier molecular flexibility index (Phi) is 9.51. The molecule has 0 aliphatic rings. The summed E-state index contributed by atoms with van der Waals surface area (Å²) in [7, 11) is 0. The van der Waals surface area contributed by atoms with Gasteiger partial charge in [-0.25, -0.2) is 4.79 Å². The van der Waals surface area contributed by atoms with E-state index >= 15 is 0 Å². The maximum absolute atomic E-state index is 12.0. The number of nitrogens with one attached hydrogen (secondary N) is 1. The fourth-order valence-corrected chi connectivity index (χ4v) is 4.26. The van der Waals surface area contributed by atoms with Gasteiger partial charge in [-0.05, 0) is 73.7 Å². The summed E-state index contributed by atoms with van der Waals surface area (Å²) in [5.74, 6) is -0.249. The van der Waals surface area contributed by atoms with Gasteiger partial charge in [-0.1, -0.05) is 36.4 Å². The number of alkyl carbamates (subject to hydrolysis) is 1. The fraction of sp³-hybridized carbons (Fsp3) is 0.290. The maximum atomic E-state index is 12.0. The Morgan fingerprint density at radius 3 is 2.48 bits per heavy atom. The van der Waals surface area contributed by atoms with Crippen molar-refractivity contribution in [3.63, 3.8) is 0 Å². The second kappa shape index (κ2) is 13.4. The Hall–Kier alpha value is -4.66. The first kappa shape index (κ1) is 28.4. The highest BCUT2D eigenvalue weighted by atomic mass is 16.6. The predicted octanol–water partition coefficient (Wildman–Crippen LogP) is 5.65. The van der Waals surface area contributed by atoms with Crippen molar-refractivity contribution in [3.8, 4) is 28.1 Å². The molecule has 4 rings (SSSR count). The lowest BCUT2D eigenvalue weighted by Crippen LogP contribution is -2.26. The van der Waals surface area contributed by atoms with Crippen LogP contribution in [0.4, 0.5) is 4.79 Å². The first-order valence-electron chi connectivity index (χ1n) is 13.2. The number of nitrogens with zero attached hydrogens (tertiary/aromatic N) is 3. The molecule has 4 aromatic rings. The molecule has 0 aliphatic heterocycles. The Balaban J connectivity index is 1.38. The lowest BCUT2D eigenvalue weighted by molar-refractivity contribution is -0.136. The molecule has 0 spiro atoms. The summed E-state index contributed by atoms with van der Waals surface area (Å²) < 4.78 is 13.1. The van der Waals surface area contributed by atoms with E-state index in [1.54, 1.807) is 20.0 Å². The molecule has 1 amide bonds. The van der Waals surface area contributed by atoms with Crippen LogP contribution in [0, 0.1) is 6.92 Å². The highest BCUT2D eigenvalue weighted by Crippen LogP contribution is 2.25. The van der Waals surface area contributed by atoms with E-state index in [2.05, 4.69) is 40.6 Å². The van der Waals surface area contributed by atoms with E-state index in [9.17, 15) is 9.59 Å². The number of benzene rings is 2. The lowest BCUT2D eigenvalue weighted by Gasteiger charge is -2.14. The number of rotatable bonds is 12. The maximum Gasteiger partial charge on any atom is 0.407 e. The van der Waals surface area contributed by atoms with Gasteiger partial charge in [0.15, 0.2) is 0 Å². The standard InChI is InChI=1S/C31H34N4O5/c1-21(2)40-31(38)33-20-27-18-28(12-10-24(27)11-13-30(36)37)39-16-15-35-22(3)17-29(34-35)25-8-6-23(7-9-25)26-5-4-14-32-19-26/h4-10,12,14,17-19,21H,11,13,15-16,20H2,1-3H3,(H,33,38)(H,36,37). The zero-order valence-corrected chi connectivity index (χ0v) is 23.0. The number of carbonyl (C=O) groups excluding carboxylic acids is 1. The molecule has 0 fully saturated rings. The minimum atomic E-state index is -0.878. The minimum Gasteiger partial charge on any atom is -0.492 e. The van der Waals surface area contributed by atoms with Crippen molar-refractivity contribution in [1.29, 1.82) is 0 Å². The Bertz CT molecular complexity index is 1430. The van der Waals surface area contributed by atoms with E-state index in [1.165, 1.54) is 0 Å². The van der Waals surface area contributed by atoms with Crippen molar-refractivity contribution >= 4 is 12.1 Å². The number of hydrogen-bond donors (Lipinski definition) is 2. The van der Waals surface area contributed by atoms with Crippen molar-refractivity contribution in [3.05, 3.63) is 89.9 Å². The first-order valence-corrected chi connectivity index (χ1v) is 13.2. The van der Waals surface area contributed by atoms with Crippen LogP contribution in [0.25, 0.3) is 22.4 Å². The molecular formula is C31H34N4O5. The first-order chi connectivity index (χ1) is 19.3. The van der Waals surface area contributed by atoms with Crippen molar-refractivity contribution in [2.75, 3.05) is 6.61 Å². The van der Waals surface area contributed by atoms with Gasteiger partial charge < -0.3 is 19.9 Å². The summed E-state index contributed by atoms with van der Waals surface area (Å²) in [5, 5.41) is 16.6. The van der Waals surface area contributed by atoms with Crippen molar-refractivity contribution in [2.24, 2.45) is 0 Å². The van der Waals surface area contributed by atoms with Gasteiger partial charge in [0.1, 0.15) is 12.4 Å². The molecule has 2 aromatic heterocycles. The number of aliphatic carboxylic acids is 1. The minimum absolute atomic E-state index is 0.00323. The van der Waals surface area contributed by atoms with Gasteiger partial charge >= 0.3 is 12.1 Å². The number of carboxylic acids is 1. The highest BCUT2D eigenvalue weighted by Gasteiger charge is 2.12. The number of pyridine rings is 1. The number of amides is 1. The predicted molar refractivity (Wildman–Crippen MR) is 152 cm³/mol. The quantitative estimate of drug-likeness (QED) is 0.238. The molecule has 0 atom stereocenters. The van der Waals surface area contributed by atoms with E-state index in [-0.39, 0.29) is 19.1 Å². The molecule has 0 unspecified atom stereocenters. The summed E-state index contributed by atoms with van der Waals surface area (Å²) in [4.78, 5) is 27.2. The van der Waals surface area contributed by atoms with Crippen molar-refractivity contribution < 1.29 is 24.2 Å². The normalized spacial score (nSPS) is 10.9. The van der Waals surface area contributed by atoms with Crippen LogP contribution >= 0.6 is 0 Å². The summed E-state index contributed by atoms with van der Waals surface area (Å²) >= 11 is 0. The van der Waals surface area contributed by atoms with Gasteiger partial charge in [0, 0.05) is 36.6 Å². The zero-order chi connectivity index (χ0) is 28.5. The molecule has 0 bridgehead atoms. The van der Waals surface area contributed by atoms with Crippen LogP contribution < -0.4 is 10.1 Å². The molecule has 0 radical (unpaired) electrons. The second-order valence-electron chi connectivity index (χ2n) is 9.69. The fourth-order valence-electron chi connectivity index (χ4n) is 4.26. The van der Waals surface area contributed by atoms with Crippen LogP contribution in [0.5, 0.6) is 5.75 Å². The van der Waals surface area contributed by atoms with Crippen LogP contribution in [0.1, 0.15) is 37.1 Å². The van der Waals surface area contributed by atoms with E-state index in [1.807, 2.05) is 48.1 Å². The number of aryl methyl sites for hydroxylation is 2. The summed E-state index contributed by atoms with van der Waals surface area (Å²) in [6, 6.07) is 19.8. The third-order valence-electron chi connectivity index (χ3n) is 6.28. The van der Waals surface area contributed by atoms with E-state index in [0.29, 0.717) is 25.3 Å². The molecule has 2 aromatic carbocycles. The lowest BCUT2D eigenvalue weighted by atomic mass is 10.0. The van der Waals surface area contributed by atoms with Crippen molar-refractivity contribution in [1.82, 2.24) is 20.1 Å².